The number of benzene rings is 1. The Labute approximate surface area is 91.1 Å². The lowest BCUT2D eigenvalue weighted by atomic mass is 9.89. The van der Waals surface area contributed by atoms with Crippen molar-refractivity contribution < 1.29 is 5.11 Å². The molecule has 1 N–H and O–H groups in total. The van der Waals surface area contributed by atoms with E-state index in [4.69, 9.17) is 0 Å². The Bertz CT molecular complexity index is 347. The molecular weight excluding hydrogens is 184 g/mol. The second-order valence-corrected chi connectivity index (χ2v) is 5.37. The summed E-state index contributed by atoms with van der Waals surface area (Å²) < 4.78 is 0. The summed E-state index contributed by atoms with van der Waals surface area (Å²) in [5, 5.41) is 9.87. The standard InChI is InChI=1S/C14H18O/c15-14(10-11-14)9-8-13(6-7-13)12-4-2-1-3-5-12/h1-5,15H,6-11H2. The maximum atomic E-state index is 9.87. The summed E-state index contributed by atoms with van der Waals surface area (Å²) in [7, 11) is 0. The predicted octanol–water partition coefficient (Wildman–Crippen LogP) is 3.02. The predicted molar refractivity (Wildman–Crippen MR) is 60.8 cm³/mol. The van der Waals surface area contributed by atoms with Crippen molar-refractivity contribution in [3.63, 3.8) is 0 Å². The molecule has 15 heavy (non-hydrogen) atoms. The molecule has 1 aromatic rings. The summed E-state index contributed by atoms with van der Waals surface area (Å²) >= 11 is 0. The van der Waals surface area contributed by atoms with Gasteiger partial charge in [-0.3, -0.25) is 0 Å². The molecule has 0 unspecified atom stereocenters. The molecule has 2 aliphatic rings. The van der Waals surface area contributed by atoms with Crippen LogP contribution in [0.2, 0.25) is 0 Å². The third-order valence-electron chi connectivity index (χ3n) is 4.14. The molecule has 0 heterocycles. The van der Waals surface area contributed by atoms with Gasteiger partial charge in [0.2, 0.25) is 0 Å². The molecule has 3 rings (SSSR count). The third kappa shape index (κ3) is 1.81. The van der Waals surface area contributed by atoms with E-state index in [9.17, 15) is 5.11 Å². The normalized spacial score (nSPS) is 24.9. The maximum Gasteiger partial charge on any atom is 0.0650 e. The van der Waals surface area contributed by atoms with E-state index in [0.717, 1.165) is 19.3 Å². The fraction of sp³-hybridized carbons (Fsp3) is 0.571. The van der Waals surface area contributed by atoms with Gasteiger partial charge in [-0.1, -0.05) is 30.3 Å². The van der Waals surface area contributed by atoms with Gasteiger partial charge in [-0.2, -0.15) is 0 Å². The minimum Gasteiger partial charge on any atom is -0.390 e. The fourth-order valence-electron chi connectivity index (χ4n) is 2.49. The second-order valence-electron chi connectivity index (χ2n) is 5.37. The molecule has 2 fully saturated rings. The van der Waals surface area contributed by atoms with Gasteiger partial charge in [0.25, 0.3) is 0 Å². The van der Waals surface area contributed by atoms with E-state index in [-0.39, 0.29) is 5.60 Å². The van der Waals surface area contributed by atoms with Crippen LogP contribution in [-0.2, 0) is 5.41 Å². The van der Waals surface area contributed by atoms with Crippen LogP contribution >= 0.6 is 0 Å². The average Bonchev–Trinajstić information content (AvgIpc) is 3.15. The first kappa shape index (κ1) is 9.41. The van der Waals surface area contributed by atoms with Crippen molar-refractivity contribution in [2.45, 2.75) is 49.5 Å². The first-order valence-corrected chi connectivity index (χ1v) is 6.01. The largest absolute Gasteiger partial charge is 0.390 e. The van der Waals surface area contributed by atoms with Crippen molar-refractivity contribution >= 4 is 0 Å². The molecule has 0 aromatic heterocycles. The van der Waals surface area contributed by atoms with Crippen LogP contribution in [0.15, 0.2) is 30.3 Å². The number of aliphatic hydroxyl groups is 1. The molecule has 0 atom stereocenters. The summed E-state index contributed by atoms with van der Waals surface area (Å²) in [6.07, 6.45) is 6.85. The van der Waals surface area contributed by atoms with Crippen LogP contribution in [0.4, 0.5) is 0 Å². The van der Waals surface area contributed by atoms with Crippen LogP contribution in [0.5, 0.6) is 0 Å². The molecule has 0 bridgehead atoms. The minimum absolute atomic E-state index is 0.273. The fourth-order valence-corrected chi connectivity index (χ4v) is 2.49. The van der Waals surface area contributed by atoms with Crippen LogP contribution in [0.1, 0.15) is 44.1 Å². The highest BCUT2D eigenvalue weighted by molar-refractivity contribution is 5.31. The summed E-state index contributed by atoms with van der Waals surface area (Å²) in [6.45, 7) is 0. The van der Waals surface area contributed by atoms with Crippen molar-refractivity contribution in [3.05, 3.63) is 35.9 Å². The van der Waals surface area contributed by atoms with Gasteiger partial charge in [0.1, 0.15) is 0 Å². The van der Waals surface area contributed by atoms with Gasteiger partial charge in [0.05, 0.1) is 5.60 Å². The van der Waals surface area contributed by atoms with Crippen molar-refractivity contribution in [1.82, 2.24) is 0 Å². The Kier molecular flexibility index (Phi) is 1.93. The molecule has 1 aromatic carbocycles. The smallest absolute Gasteiger partial charge is 0.0650 e. The first-order chi connectivity index (χ1) is 7.23. The van der Waals surface area contributed by atoms with Gasteiger partial charge in [-0.15, -0.1) is 0 Å². The van der Waals surface area contributed by atoms with Crippen LogP contribution in [-0.4, -0.2) is 10.7 Å². The van der Waals surface area contributed by atoms with Crippen molar-refractivity contribution in [1.29, 1.82) is 0 Å². The van der Waals surface area contributed by atoms with E-state index in [2.05, 4.69) is 30.3 Å². The molecule has 0 aliphatic heterocycles. The lowest BCUT2D eigenvalue weighted by Crippen LogP contribution is -2.13. The monoisotopic (exact) mass is 202 g/mol. The Morgan fingerprint density at radius 3 is 2.13 bits per heavy atom. The Balaban J connectivity index is 1.69. The number of hydrogen-bond donors (Lipinski definition) is 1. The molecule has 1 nitrogen and oxygen atoms in total. The zero-order valence-electron chi connectivity index (χ0n) is 9.08. The molecule has 2 aliphatic carbocycles. The summed E-state index contributed by atoms with van der Waals surface area (Å²) in [5.74, 6) is 0. The number of hydrogen-bond acceptors (Lipinski definition) is 1. The SMILES string of the molecule is OC1(CCC2(c3ccccc3)CC2)CC1. The van der Waals surface area contributed by atoms with E-state index in [1.807, 2.05) is 0 Å². The van der Waals surface area contributed by atoms with Crippen LogP contribution in [0.25, 0.3) is 0 Å². The lowest BCUT2D eigenvalue weighted by molar-refractivity contribution is 0.133. The van der Waals surface area contributed by atoms with Crippen LogP contribution < -0.4 is 0 Å². The van der Waals surface area contributed by atoms with E-state index < -0.39 is 0 Å². The third-order valence-corrected chi connectivity index (χ3v) is 4.14. The van der Waals surface area contributed by atoms with Gasteiger partial charge in [-0.05, 0) is 49.5 Å². The molecule has 0 radical (unpaired) electrons. The Morgan fingerprint density at radius 1 is 0.933 bits per heavy atom. The molecule has 0 saturated heterocycles. The van der Waals surface area contributed by atoms with Gasteiger partial charge < -0.3 is 5.11 Å². The van der Waals surface area contributed by atoms with Crippen molar-refractivity contribution in [2.24, 2.45) is 0 Å². The quantitative estimate of drug-likeness (QED) is 0.795. The zero-order chi connectivity index (χ0) is 10.4. The average molecular weight is 202 g/mol. The second kappa shape index (κ2) is 3.08. The maximum absolute atomic E-state index is 9.87. The zero-order valence-corrected chi connectivity index (χ0v) is 9.08. The Morgan fingerprint density at radius 2 is 1.60 bits per heavy atom. The molecular formula is C14H18O. The van der Waals surface area contributed by atoms with Crippen LogP contribution in [0, 0.1) is 0 Å². The van der Waals surface area contributed by atoms with Gasteiger partial charge in [0.15, 0.2) is 0 Å². The molecule has 1 heteroatoms. The molecule has 80 valence electrons. The highest BCUT2D eigenvalue weighted by Gasteiger charge is 2.48. The molecule has 0 spiro atoms. The van der Waals surface area contributed by atoms with E-state index >= 15 is 0 Å². The van der Waals surface area contributed by atoms with E-state index in [1.54, 1.807) is 0 Å². The van der Waals surface area contributed by atoms with Gasteiger partial charge in [0, 0.05) is 0 Å². The molecule has 2 saturated carbocycles. The molecule has 0 amide bonds. The summed E-state index contributed by atoms with van der Waals surface area (Å²) in [6, 6.07) is 10.8. The van der Waals surface area contributed by atoms with Crippen molar-refractivity contribution in [3.8, 4) is 0 Å². The minimum atomic E-state index is -0.273. The van der Waals surface area contributed by atoms with Gasteiger partial charge in [-0.25, -0.2) is 0 Å². The topological polar surface area (TPSA) is 20.2 Å². The van der Waals surface area contributed by atoms with Gasteiger partial charge >= 0.3 is 0 Å². The first-order valence-electron chi connectivity index (χ1n) is 6.01. The van der Waals surface area contributed by atoms with E-state index in [1.165, 1.54) is 24.8 Å². The van der Waals surface area contributed by atoms with Crippen LogP contribution in [0.3, 0.4) is 0 Å². The summed E-state index contributed by atoms with van der Waals surface area (Å²) in [5.41, 5.74) is 1.64. The Hall–Kier alpha value is -0.820. The number of rotatable bonds is 4. The summed E-state index contributed by atoms with van der Waals surface area (Å²) in [4.78, 5) is 0. The lowest BCUT2D eigenvalue weighted by Gasteiger charge is -2.17. The highest BCUT2D eigenvalue weighted by atomic mass is 16.3. The highest BCUT2D eigenvalue weighted by Crippen LogP contribution is 2.54. The van der Waals surface area contributed by atoms with Crippen molar-refractivity contribution in [2.75, 3.05) is 0 Å². The van der Waals surface area contributed by atoms with E-state index in [0.29, 0.717) is 5.41 Å².